The molecule has 0 radical (unpaired) electrons. The van der Waals surface area contributed by atoms with E-state index in [0.29, 0.717) is 17.3 Å². The van der Waals surface area contributed by atoms with E-state index < -0.39 is 5.91 Å². The van der Waals surface area contributed by atoms with Crippen LogP contribution in [-0.4, -0.2) is 12.5 Å². The smallest absolute Gasteiger partial charge is 0.267 e. The minimum atomic E-state index is -0.491. The number of anilines is 2. The summed E-state index contributed by atoms with van der Waals surface area (Å²) in [5.41, 5.74) is 1.40. The van der Waals surface area contributed by atoms with E-state index in [1.807, 2.05) is 48.2 Å². The molecule has 1 amide bonds. The quantitative estimate of drug-likeness (QED) is 0.661. The first-order valence-electron chi connectivity index (χ1n) is 7.15. The van der Waals surface area contributed by atoms with Gasteiger partial charge in [-0.3, -0.25) is 4.79 Å². The fraction of sp³-hybridized carbons (Fsp3) is 0.111. The molecule has 1 N–H and O–H groups in total. The summed E-state index contributed by atoms with van der Waals surface area (Å²) in [6.45, 7) is 2.58. The van der Waals surface area contributed by atoms with Crippen molar-refractivity contribution < 1.29 is 4.79 Å². The second-order valence-corrected chi connectivity index (χ2v) is 5.12. The van der Waals surface area contributed by atoms with E-state index in [4.69, 9.17) is 11.6 Å². The zero-order chi connectivity index (χ0) is 16.7. The minimum absolute atomic E-state index is 0.00984. The Morgan fingerprint density at radius 1 is 1.22 bits per heavy atom. The lowest BCUT2D eigenvalue weighted by molar-refractivity contribution is -0.112. The molecule has 0 heterocycles. The first kappa shape index (κ1) is 16.6. The van der Waals surface area contributed by atoms with Crippen molar-refractivity contribution in [1.82, 2.24) is 0 Å². The van der Waals surface area contributed by atoms with Crippen LogP contribution in [0.25, 0.3) is 0 Å². The molecule has 2 aromatic rings. The second kappa shape index (κ2) is 8.02. The number of nitrogens with one attached hydrogen (secondary N) is 1. The van der Waals surface area contributed by atoms with Gasteiger partial charge in [0.2, 0.25) is 0 Å². The van der Waals surface area contributed by atoms with Gasteiger partial charge in [0.1, 0.15) is 11.6 Å². The number of hydrogen-bond donors (Lipinski definition) is 1. The van der Waals surface area contributed by atoms with Crippen molar-refractivity contribution in [3.8, 4) is 6.07 Å². The lowest BCUT2D eigenvalue weighted by atomic mass is 10.2. The third kappa shape index (κ3) is 4.35. The molecule has 0 aliphatic heterocycles. The number of nitrogens with zero attached hydrogens (tertiary/aromatic N) is 2. The van der Waals surface area contributed by atoms with Gasteiger partial charge < -0.3 is 10.2 Å². The van der Waals surface area contributed by atoms with Gasteiger partial charge in [-0.15, -0.1) is 0 Å². The molecule has 0 saturated carbocycles. The minimum Gasteiger partial charge on any atom is -0.347 e. The van der Waals surface area contributed by atoms with Crippen molar-refractivity contribution in [3.05, 3.63) is 71.4 Å². The predicted molar refractivity (Wildman–Crippen MR) is 93.2 cm³/mol. The van der Waals surface area contributed by atoms with E-state index >= 15 is 0 Å². The van der Waals surface area contributed by atoms with Crippen molar-refractivity contribution in [3.63, 3.8) is 0 Å². The zero-order valence-electron chi connectivity index (χ0n) is 12.7. The van der Waals surface area contributed by atoms with E-state index in [-0.39, 0.29) is 5.57 Å². The van der Waals surface area contributed by atoms with Crippen LogP contribution in [0, 0.1) is 11.3 Å². The van der Waals surface area contributed by atoms with Gasteiger partial charge in [-0.25, -0.2) is 0 Å². The van der Waals surface area contributed by atoms with Gasteiger partial charge in [-0.2, -0.15) is 5.26 Å². The molecule has 0 fully saturated rings. The number of nitriles is 1. The molecule has 0 aromatic heterocycles. The van der Waals surface area contributed by atoms with Crippen LogP contribution in [-0.2, 0) is 4.79 Å². The average Bonchev–Trinajstić information content (AvgIpc) is 2.58. The summed E-state index contributed by atoms with van der Waals surface area (Å²) in [7, 11) is 0. The summed E-state index contributed by atoms with van der Waals surface area (Å²) < 4.78 is 0. The van der Waals surface area contributed by atoms with Gasteiger partial charge in [0.05, 0.1) is 10.7 Å². The topological polar surface area (TPSA) is 56.1 Å². The molecular weight excluding hydrogens is 310 g/mol. The third-order valence-electron chi connectivity index (χ3n) is 3.20. The Labute approximate surface area is 140 Å². The number of carbonyl (C=O) groups excluding carboxylic acids is 1. The van der Waals surface area contributed by atoms with Gasteiger partial charge in [-0.1, -0.05) is 41.9 Å². The molecule has 0 aliphatic carbocycles. The first-order chi connectivity index (χ1) is 11.2. The molecule has 5 heteroatoms. The maximum atomic E-state index is 12.3. The highest BCUT2D eigenvalue weighted by atomic mass is 35.5. The molecule has 4 nitrogen and oxygen atoms in total. The number of benzene rings is 2. The van der Waals surface area contributed by atoms with Crippen molar-refractivity contribution in [2.24, 2.45) is 0 Å². The van der Waals surface area contributed by atoms with E-state index in [0.717, 1.165) is 5.69 Å². The molecule has 23 heavy (non-hydrogen) atoms. The van der Waals surface area contributed by atoms with Crippen LogP contribution in [0.15, 0.2) is 66.4 Å². The van der Waals surface area contributed by atoms with Crippen LogP contribution in [0.5, 0.6) is 0 Å². The van der Waals surface area contributed by atoms with Crippen LogP contribution < -0.4 is 10.2 Å². The number of rotatable bonds is 5. The summed E-state index contributed by atoms with van der Waals surface area (Å²) >= 11 is 6.02. The summed E-state index contributed by atoms with van der Waals surface area (Å²) in [5, 5.41) is 12.4. The Morgan fingerprint density at radius 2 is 1.87 bits per heavy atom. The highest BCUT2D eigenvalue weighted by Crippen LogP contribution is 2.21. The van der Waals surface area contributed by atoms with E-state index in [2.05, 4.69) is 5.32 Å². The van der Waals surface area contributed by atoms with Crippen molar-refractivity contribution >= 4 is 28.9 Å². The van der Waals surface area contributed by atoms with Crippen LogP contribution in [0.2, 0.25) is 5.02 Å². The summed E-state index contributed by atoms with van der Waals surface area (Å²) in [6.07, 6.45) is 1.54. The molecule has 0 spiro atoms. The maximum Gasteiger partial charge on any atom is 0.267 e. The monoisotopic (exact) mass is 325 g/mol. The van der Waals surface area contributed by atoms with Crippen molar-refractivity contribution in [2.75, 3.05) is 16.8 Å². The number of carbonyl (C=O) groups is 1. The van der Waals surface area contributed by atoms with Gasteiger partial charge in [0.25, 0.3) is 5.91 Å². The van der Waals surface area contributed by atoms with Gasteiger partial charge in [0, 0.05) is 18.4 Å². The van der Waals surface area contributed by atoms with E-state index in [1.54, 1.807) is 30.5 Å². The molecule has 0 bridgehead atoms. The van der Waals surface area contributed by atoms with E-state index in [9.17, 15) is 10.1 Å². The molecule has 2 aromatic carbocycles. The van der Waals surface area contributed by atoms with Gasteiger partial charge in [0.15, 0.2) is 0 Å². The maximum absolute atomic E-state index is 12.3. The molecule has 2 rings (SSSR count). The van der Waals surface area contributed by atoms with Crippen LogP contribution >= 0.6 is 11.6 Å². The van der Waals surface area contributed by atoms with Crippen LogP contribution in [0.3, 0.4) is 0 Å². The molecule has 0 saturated heterocycles. The highest BCUT2D eigenvalue weighted by Gasteiger charge is 2.13. The number of hydrogen-bond acceptors (Lipinski definition) is 3. The predicted octanol–water partition coefficient (Wildman–Crippen LogP) is 4.21. The standard InChI is InChI=1S/C18H16ClN3O/c1-2-22(15-8-4-3-5-9-15)13-14(12-20)18(23)21-17-11-7-6-10-16(17)19/h3-11,13H,2H2,1H3,(H,21,23)/b14-13-. The fourth-order valence-corrected chi connectivity index (χ4v) is 2.20. The molecule has 0 aliphatic rings. The zero-order valence-corrected chi connectivity index (χ0v) is 13.4. The first-order valence-corrected chi connectivity index (χ1v) is 7.53. The Bertz CT molecular complexity index is 750. The third-order valence-corrected chi connectivity index (χ3v) is 3.53. The largest absolute Gasteiger partial charge is 0.347 e. The molecule has 0 unspecified atom stereocenters. The van der Waals surface area contributed by atoms with Crippen molar-refractivity contribution in [2.45, 2.75) is 6.92 Å². The normalized spacial score (nSPS) is 10.7. The lowest BCUT2D eigenvalue weighted by Crippen LogP contribution is -2.20. The highest BCUT2D eigenvalue weighted by molar-refractivity contribution is 6.33. The Morgan fingerprint density at radius 3 is 2.48 bits per heavy atom. The summed E-state index contributed by atoms with van der Waals surface area (Å²) in [5.74, 6) is -0.491. The van der Waals surface area contributed by atoms with E-state index in [1.165, 1.54) is 0 Å². The number of halogens is 1. The Hall–Kier alpha value is -2.77. The summed E-state index contributed by atoms with van der Waals surface area (Å²) in [4.78, 5) is 14.1. The number of para-hydroxylation sites is 2. The van der Waals surface area contributed by atoms with Gasteiger partial charge >= 0.3 is 0 Å². The molecule has 116 valence electrons. The Balaban J connectivity index is 2.22. The van der Waals surface area contributed by atoms with Crippen molar-refractivity contribution in [1.29, 1.82) is 5.26 Å². The number of amides is 1. The molecule has 0 atom stereocenters. The SMILES string of the molecule is CCN(/C=C(/C#N)C(=O)Nc1ccccc1Cl)c1ccccc1. The van der Waals surface area contributed by atoms with Crippen LogP contribution in [0.1, 0.15) is 6.92 Å². The summed E-state index contributed by atoms with van der Waals surface area (Å²) in [6, 6.07) is 18.4. The fourth-order valence-electron chi connectivity index (χ4n) is 2.01. The molecular formula is C18H16ClN3O. The second-order valence-electron chi connectivity index (χ2n) is 4.71. The van der Waals surface area contributed by atoms with Gasteiger partial charge in [-0.05, 0) is 31.2 Å². The average molecular weight is 326 g/mol. The van der Waals surface area contributed by atoms with Crippen LogP contribution in [0.4, 0.5) is 11.4 Å². The lowest BCUT2D eigenvalue weighted by Gasteiger charge is -2.18. The Kier molecular flexibility index (Phi) is 5.79.